The molecule has 3 aliphatic heterocycles. The summed E-state index contributed by atoms with van der Waals surface area (Å²) in [5, 5.41) is 2.95. The summed E-state index contributed by atoms with van der Waals surface area (Å²) < 4.78 is 23.4. The fourth-order valence-electron chi connectivity index (χ4n) is 7.16. The highest BCUT2D eigenvalue weighted by Crippen LogP contribution is 2.40. The van der Waals surface area contributed by atoms with Gasteiger partial charge in [-0.3, -0.25) is 9.59 Å². The lowest BCUT2D eigenvalue weighted by atomic mass is 9.75. The first-order valence-electron chi connectivity index (χ1n) is 16.0. The Bertz CT molecular complexity index is 1410. The van der Waals surface area contributed by atoms with Gasteiger partial charge in [-0.1, -0.05) is 26.7 Å². The van der Waals surface area contributed by atoms with Gasteiger partial charge in [-0.25, -0.2) is 14.8 Å². The third-order valence-electron chi connectivity index (χ3n) is 10.1. The van der Waals surface area contributed by atoms with Crippen molar-refractivity contribution in [3.63, 3.8) is 0 Å². The zero-order chi connectivity index (χ0) is 31.0. The summed E-state index contributed by atoms with van der Waals surface area (Å²) >= 11 is 0. The zero-order valence-corrected chi connectivity index (χ0v) is 26.2. The van der Waals surface area contributed by atoms with E-state index in [2.05, 4.69) is 5.32 Å². The van der Waals surface area contributed by atoms with Crippen LogP contribution in [0, 0.1) is 17.3 Å². The summed E-state index contributed by atoms with van der Waals surface area (Å²) in [6.07, 6.45) is 5.46. The number of hydrogen-bond acceptors (Lipinski definition) is 9. The van der Waals surface area contributed by atoms with Crippen LogP contribution in [-0.4, -0.2) is 83.8 Å². The molecule has 2 amide bonds. The Kier molecular flexibility index (Phi) is 8.68. The molecule has 2 bridgehead atoms. The van der Waals surface area contributed by atoms with Crippen molar-refractivity contribution in [2.45, 2.75) is 96.4 Å². The molecule has 238 valence electrons. The average Bonchev–Trinajstić information content (AvgIpc) is 3.65. The van der Waals surface area contributed by atoms with Crippen LogP contribution in [0.3, 0.4) is 0 Å². The van der Waals surface area contributed by atoms with Crippen molar-refractivity contribution >= 4 is 28.8 Å². The topological polar surface area (TPSA) is 129 Å². The molecule has 2 aromatic rings. The fourth-order valence-corrected chi connectivity index (χ4v) is 7.16. The summed E-state index contributed by atoms with van der Waals surface area (Å²) in [6.45, 7) is 6.62. The Morgan fingerprint density at radius 2 is 1.86 bits per heavy atom. The van der Waals surface area contributed by atoms with Gasteiger partial charge in [0.05, 0.1) is 30.7 Å². The Balaban J connectivity index is 1.36. The predicted molar refractivity (Wildman–Crippen MR) is 161 cm³/mol. The smallest absolute Gasteiger partial charge is 0.408 e. The minimum absolute atomic E-state index is 0.128. The third-order valence-corrected chi connectivity index (χ3v) is 10.1. The number of hydrogen-bond donors (Lipinski definition) is 1. The van der Waals surface area contributed by atoms with Gasteiger partial charge >= 0.3 is 6.09 Å². The SMILES string of the molecule is COc1ccc2nc3c(nc2c1)O[C@H]1CN(C(=O)[C@H](C2(C)CCOCC2)NC(=O)O[C@@H]2C[C@H]2CCCCC3)[C@H](C(C)=O)[C@@H]1C. The molecule has 44 heavy (non-hydrogen) atoms. The van der Waals surface area contributed by atoms with Crippen LogP contribution in [0.25, 0.3) is 11.0 Å². The van der Waals surface area contributed by atoms with Crippen molar-refractivity contribution in [2.24, 2.45) is 17.3 Å². The van der Waals surface area contributed by atoms with Gasteiger partial charge in [0, 0.05) is 30.6 Å². The first kappa shape index (κ1) is 30.6. The predicted octanol–water partition coefficient (Wildman–Crippen LogP) is 4.24. The number of ether oxygens (including phenoxy) is 4. The van der Waals surface area contributed by atoms with Gasteiger partial charge < -0.3 is 29.2 Å². The number of carbonyl (C=O) groups excluding carboxylic acids is 3. The second-order valence-electron chi connectivity index (χ2n) is 13.3. The van der Waals surface area contributed by atoms with Crippen molar-refractivity contribution in [1.29, 1.82) is 0 Å². The van der Waals surface area contributed by atoms with E-state index in [0.717, 1.165) is 43.3 Å². The number of Topliss-reactive ketones (excluding diaryl/α,β-unsaturated/α-hetero) is 1. The van der Waals surface area contributed by atoms with Gasteiger partial charge in [-0.15, -0.1) is 0 Å². The average molecular weight is 609 g/mol. The molecular formula is C33H44N4O7. The number of methoxy groups -OCH3 is 1. The van der Waals surface area contributed by atoms with Crippen LogP contribution >= 0.6 is 0 Å². The minimum atomic E-state index is -0.869. The normalized spacial score (nSPS) is 31.0. The van der Waals surface area contributed by atoms with E-state index in [1.165, 1.54) is 6.92 Å². The first-order chi connectivity index (χ1) is 21.2. The minimum Gasteiger partial charge on any atom is -0.497 e. The van der Waals surface area contributed by atoms with E-state index in [4.69, 9.17) is 28.9 Å². The van der Waals surface area contributed by atoms with Crippen LogP contribution in [0.1, 0.15) is 71.4 Å². The number of benzene rings is 1. The van der Waals surface area contributed by atoms with Crippen LogP contribution in [0.4, 0.5) is 4.79 Å². The number of nitrogens with one attached hydrogen (secondary N) is 1. The second-order valence-corrected chi connectivity index (χ2v) is 13.3. The largest absolute Gasteiger partial charge is 0.497 e. The monoisotopic (exact) mass is 608 g/mol. The van der Waals surface area contributed by atoms with E-state index in [1.807, 2.05) is 32.0 Å². The van der Waals surface area contributed by atoms with E-state index in [1.54, 1.807) is 12.0 Å². The Labute approximate surface area is 258 Å². The molecule has 0 unspecified atom stereocenters. The molecule has 1 aliphatic carbocycles. The number of aryl methyl sites for hydroxylation is 1. The standard InChI is InChI=1S/C33H44N4O7/c1-19-27-18-37(28(19)20(2)38)31(39)29(33(3)12-14-42-15-13-33)36-32(40)44-26-16-21(26)8-6-5-7-9-24-30(43-27)35-25-17-22(41-4)10-11-23(25)34-24/h10-11,17,19,21,26-29H,5-9,12-16,18H2,1-4H3,(H,36,40)/t19-,21-,26-,27+,28+,29-/m1/s1. The maximum Gasteiger partial charge on any atom is 0.408 e. The Morgan fingerprint density at radius 3 is 2.61 bits per heavy atom. The molecule has 0 radical (unpaired) electrons. The number of amides is 2. The van der Waals surface area contributed by atoms with Crippen molar-refractivity contribution in [3.05, 3.63) is 23.9 Å². The van der Waals surface area contributed by atoms with Gasteiger partial charge in [0.1, 0.15) is 29.7 Å². The molecule has 1 aromatic carbocycles. The molecule has 6 atom stereocenters. The van der Waals surface area contributed by atoms with E-state index < -0.39 is 29.7 Å². The molecular weight excluding hydrogens is 564 g/mol. The molecule has 1 saturated carbocycles. The number of ketones is 1. The quantitative estimate of drug-likeness (QED) is 0.544. The van der Waals surface area contributed by atoms with Crippen molar-refractivity contribution in [3.8, 4) is 11.6 Å². The molecule has 6 rings (SSSR count). The molecule has 1 N–H and O–H groups in total. The first-order valence-corrected chi connectivity index (χ1v) is 16.0. The van der Waals surface area contributed by atoms with Crippen LogP contribution in [0.2, 0.25) is 0 Å². The van der Waals surface area contributed by atoms with Crippen LogP contribution in [0.15, 0.2) is 18.2 Å². The summed E-state index contributed by atoms with van der Waals surface area (Å²) in [7, 11) is 1.61. The Morgan fingerprint density at radius 1 is 1.07 bits per heavy atom. The van der Waals surface area contributed by atoms with Crippen molar-refractivity contribution in [1.82, 2.24) is 20.2 Å². The van der Waals surface area contributed by atoms with E-state index in [9.17, 15) is 14.4 Å². The van der Waals surface area contributed by atoms with Gasteiger partial charge in [-0.05, 0) is 63.5 Å². The van der Waals surface area contributed by atoms with E-state index >= 15 is 0 Å². The molecule has 11 heteroatoms. The fraction of sp³-hybridized carbons (Fsp3) is 0.667. The molecule has 4 heterocycles. The molecule has 4 aliphatic rings. The summed E-state index contributed by atoms with van der Waals surface area (Å²) in [5.41, 5.74) is 1.63. The number of nitrogens with zero attached hydrogens (tertiary/aromatic N) is 3. The Hall–Kier alpha value is -3.47. The van der Waals surface area contributed by atoms with E-state index in [0.29, 0.717) is 55.5 Å². The second kappa shape index (κ2) is 12.5. The molecule has 0 spiro atoms. The number of carbonyl (C=O) groups is 3. The highest BCUT2D eigenvalue weighted by atomic mass is 16.6. The summed E-state index contributed by atoms with van der Waals surface area (Å²) in [5.74, 6) is 0.702. The summed E-state index contributed by atoms with van der Waals surface area (Å²) in [4.78, 5) is 52.2. The van der Waals surface area contributed by atoms with Gasteiger partial charge in [0.25, 0.3) is 0 Å². The molecule has 2 saturated heterocycles. The highest BCUT2D eigenvalue weighted by molar-refractivity contribution is 5.92. The van der Waals surface area contributed by atoms with Gasteiger partial charge in [0.2, 0.25) is 11.8 Å². The third kappa shape index (κ3) is 6.20. The van der Waals surface area contributed by atoms with E-state index in [-0.39, 0.29) is 30.3 Å². The lowest BCUT2D eigenvalue weighted by molar-refractivity contribution is -0.143. The molecule has 3 fully saturated rings. The number of aromatic nitrogens is 2. The zero-order valence-electron chi connectivity index (χ0n) is 26.2. The molecule has 11 nitrogen and oxygen atoms in total. The number of fused-ring (bicyclic) bond motifs is 5. The maximum absolute atomic E-state index is 14.5. The van der Waals surface area contributed by atoms with Crippen LogP contribution in [-0.2, 0) is 25.5 Å². The lowest BCUT2D eigenvalue weighted by Crippen LogP contribution is -2.59. The summed E-state index contributed by atoms with van der Waals surface area (Å²) in [6, 6.07) is 4.03. The maximum atomic E-state index is 14.5. The van der Waals surface area contributed by atoms with Crippen LogP contribution < -0.4 is 14.8 Å². The van der Waals surface area contributed by atoms with Crippen molar-refractivity contribution < 1.29 is 33.3 Å². The number of alkyl carbamates (subject to hydrolysis) is 1. The molecule has 1 aromatic heterocycles. The van der Waals surface area contributed by atoms with Gasteiger partial charge in [-0.2, -0.15) is 0 Å². The van der Waals surface area contributed by atoms with Gasteiger partial charge in [0.15, 0.2) is 5.78 Å². The van der Waals surface area contributed by atoms with Crippen molar-refractivity contribution in [2.75, 3.05) is 26.9 Å². The number of rotatable bonds is 3. The lowest BCUT2D eigenvalue weighted by Gasteiger charge is -2.41. The highest BCUT2D eigenvalue weighted by Gasteiger charge is 2.51. The van der Waals surface area contributed by atoms with Crippen LogP contribution in [0.5, 0.6) is 11.6 Å².